The molecule has 0 heterocycles. The smallest absolute Gasteiger partial charge is 0.119 e. The molecule has 19 heavy (non-hydrogen) atoms. The minimum atomic E-state index is -0.526. The monoisotopic (exact) mass is 265 g/mol. The van der Waals surface area contributed by atoms with E-state index in [0.717, 1.165) is 30.8 Å². The van der Waals surface area contributed by atoms with Gasteiger partial charge in [0, 0.05) is 0 Å². The van der Waals surface area contributed by atoms with Crippen LogP contribution in [0.2, 0.25) is 0 Å². The summed E-state index contributed by atoms with van der Waals surface area (Å²) in [5, 5.41) is 10.1. The Morgan fingerprint density at radius 1 is 1.26 bits per heavy atom. The van der Waals surface area contributed by atoms with Crippen LogP contribution >= 0.6 is 0 Å². The van der Waals surface area contributed by atoms with E-state index in [4.69, 9.17) is 10.5 Å². The zero-order chi connectivity index (χ0) is 14.3. The van der Waals surface area contributed by atoms with E-state index < -0.39 is 6.10 Å². The first-order valence-electron chi connectivity index (χ1n) is 7.23. The molecule has 1 aromatic carbocycles. The van der Waals surface area contributed by atoms with Crippen molar-refractivity contribution in [2.24, 2.45) is 17.6 Å². The molecule has 1 unspecified atom stereocenters. The van der Waals surface area contributed by atoms with Gasteiger partial charge in [-0.2, -0.15) is 0 Å². The second-order valence-electron chi connectivity index (χ2n) is 5.22. The number of ether oxygens (including phenoxy) is 1. The summed E-state index contributed by atoms with van der Waals surface area (Å²) in [7, 11) is 0. The van der Waals surface area contributed by atoms with Gasteiger partial charge in [0.2, 0.25) is 0 Å². The molecular weight excluding hydrogens is 238 g/mol. The summed E-state index contributed by atoms with van der Waals surface area (Å²) in [4.78, 5) is 0. The van der Waals surface area contributed by atoms with Crippen LogP contribution in [0.15, 0.2) is 24.3 Å². The molecule has 0 radical (unpaired) electrons. The van der Waals surface area contributed by atoms with E-state index in [0.29, 0.717) is 12.5 Å². The van der Waals surface area contributed by atoms with Crippen LogP contribution < -0.4 is 10.5 Å². The summed E-state index contributed by atoms with van der Waals surface area (Å²) < 4.78 is 5.81. The van der Waals surface area contributed by atoms with Crippen molar-refractivity contribution in [1.29, 1.82) is 0 Å². The Balaban J connectivity index is 2.66. The van der Waals surface area contributed by atoms with Gasteiger partial charge in [-0.15, -0.1) is 0 Å². The van der Waals surface area contributed by atoms with Crippen LogP contribution in [0.25, 0.3) is 0 Å². The highest BCUT2D eigenvalue weighted by Gasteiger charge is 2.15. The molecule has 3 heteroatoms. The van der Waals surface area contributed by atoms with Gasteiger partial charge in [0.05, 0.1) is 12.7 Å². The molecule has 1 aromatic rings. The SMILES string of the molecule is CCC(CC)COc1cccc([C@H](O)C(C)CN)c1. The second kappa shape index (κ2) is 8.18. The molecular formula is C16H27NO2. The van der Waals surface area contributed by atoms with Crippen molar-refractivity contribution in [3.8, 4) is 5.75 Å². The maximum atomic E-state index is 10.1. The Morgan fingerprint density at radius 3 is 2.53 bits per heavy atom. The van der Waals surface area contributed by atoms with E-state index >= 15 is 0 Å². The quantitative estimate of drug-likeness (QED) is 0.759. The number of aliphatic hydroxyl groups excluding tert-OH is 1. The molecule has 0 saturated heterocycles. The molecule has 0 bridgehead atoms. The number of nitrogens with two attached hydrogens (primary N) is 1. The number of hydrogen-bond acceptors (Lipinski definition) is 3. The van der Waals surface area contributed by atoms with E-state index in [1.807, 2.05) is 31.2 Å². The zero-order valence-electron chi connectivity index (χ0n) is 12.3. The molecule has 0 aromatic heterocycles. The largest absolute Gasteiger partial charge is 0.493 e. The number of aliphatic hydroxyl groups is 1. The van der Waals surface area contributed by atoms with Crippen LogP contribution in [-0.4, -0.2) is 18.3 Å². The van der Waals surface area contributed by atoms with Crippen LogP contribution in [0.1, 0.15) is 45.3 Å². The Morgan fingerprint density at radius 2 is 1.95 bits per heavy atom. The Labute approximate surface area is 116 Å². The zero-order valence-corrected chi connectivity index (χ0v) is 12.3. The van der Waals surface area contributed by atoms with Gasteiger partial charge in [-0.05, 0) is 36.1 Å². The van der Waals surface area contributed by atoms with Gasteiger partial charge in [-0.1, -0.05) is 45.7 Å². The van der Waals surface area contributed by atoms with Crippen molar-refractivity contribution in [1.82, 2.24) is 0 Å². The molecule has 0 aliphatic rings. The van der Waals surface area contributed by atoms with Crippen molar-refractivity contribution in [2.45, 2.75) is 39.7 Å². The van der Waals surface area contributed by atoms with Crippen LogP contribution in [-0.2, 0) is 0 Å². The van der Waals surface area contributed by atoms with Gasteiger partial charge in [0.25, 0.3) is 0 Å². The van der Waals surface area contributed by atoms with Crippen LogP contribution in [0, 0.1) is 11.8 Å². The molecule has 3 N–H and O–H groups in total. The third kappa shape index (κ3) is 4.84. The summed E-state index contributed by atoms with van der Waals surface area (Å²) in [6.07, 6.45) is 1.73. The predicted molar refractivity (Wildman–Crippen MR) is 79.2 cm³/mol. The Hall–Kier alpha value is -1.06. The van der Waals surface area contributed by atoms with E-state index in [2.05, 4.69) is 13.8 Å². The third-order valence-corrected chi connectivity index (χ3v) is 3.75. The normalized spacial score (nSPS) is 14.4. The Kier molecular flexibility index (Phi) is 6.89. The van der Waals surface area contributed by atoms with E-state index in [9.17, 15) is 5.11 Å². The lowest BCUT2D eigenvalue weighted by Gasteiger charge is -2.19. The van der Waals surface area contributed by atoms with Crippen molar-refractivity contribution >= 4 is 0 Å². The number of hydrogen-bond donors (Lipinski definition) is 2. The molecule has 0 aliphatic heterocycles. The number of rotatable bonds is 8. The highest BCUT2D eigenvalue weighted by molar-refractivity contribution is 5.30. The summed E-state index contributed by atoms with van der Waals surface area (Å²) >= 11 is 0. The molecule has 0 amide bonds. The van der Waals surface area contributed by atoms with Crippen molar-refractivity contribution in [3.63, 3.8) is 0 Å². The summed E-state index contributed by atoms with van der Waals surface area (Å²) in [6, 6.07) is 7.69. The van der Waals surface area contributed by atoms with Crippen molar-refractivity contribution < 1.29 is 9.84 Å². The molecule has 0 spiro atoms. The molecule has 108 valence electrons. The summed E-state index contributed by atoms with van der Waals surface area (Å²) in [5.41, 5.74) is 6.47. The van der Waals surface area contributed by atoms with E-state index in [1.165, 1.54) is 0 Å². The topological polar surface area (TPSA) is 55.5 Å². The molecule has 3 nitrogen and oxygen atoms in total. The first-order valence-corrected chi connectivity index (χ1v) is 7.23. The van der Waals surface area contributed by atoms with Gasteiger partial charge < -0.3 is 15.6 Å². The minimum absolute atomic E-state index is 0.0503. The lowest BCUT2D eigenvalue weighted by atomic mass is 9.97. The fraction of sp³-hybridized carbons (Fsp3) is 0.625. The molecule has 0 fully saturated rings. The first-order chi connectivity index (χ1) is 9.12. The third-order valence-electron chi connectivity index (χ3n) is 3.75. The molecule has 0 aliphatic carbocycles. The minimum Gasteiger partial charge on any atom is -0.493 e. The average Bonchev–Trinajstić information content (AvgIpc) is 2.47. The second-order valence-corrected chi connectivity index (χ2v) is 5.22. The molecule has 0 saturated carbocycles. The van der Waals surface area contributed by atoms with E-state index in [1.54, 1.807) is 0 Å². The average molecular weight is 265 g/mol. The highest BCUT2D eigenvalue weighted by atomic mass is 16.5. The summed E-state index contributed by atoms with van der Waals surface area (Å²) in [5.74, 6) is 1.47. The maximum absolute atomic E-state index is 10.1. The fourth-order valence-corrected chi connectivity index (χ4v) is 1.98. The highest BCUT2D eigenvalue weighted by Crippen LogP contribution is 2.25. The fourth-order valence-electron chi connectivity index (χ4n) is 1.98. The van der Waals surface area contributed by atoms with Crippen LogP contribution in [0.3, 0.4) is 0 Å². The van der Waals surface area contributed by atoms with Crippen molar-refractivity contribution in [3.05, 3.63) is 29.8 Å². The standard InChI is InChI=1S/C16H27NO2/c1-4-13(5-2)11-19-15-8-6-7-14(9-15)16(18)12(3)10-17/h6-9,12-13,16,18H,4-5,10-11,17H2,1-3H3/t12?,16-/m1/s1. The van der Waals surface area contributed by atoms with Gasteiger partial charge in [0.15, 0.2) is 0 Å². The predicted octanol–water partition coefficient (Wildman–Crippen LogP) is 3.13. The lowest BCUT2D eigenvalue weighted by Crippen LogP contribution is -2.19. The number of benzene rings is 1. The van der Waals surface area contributed by atoms with Gasteiger partial charge in [0.1, 0.15) is 5.75 Å². The van der Waals surface area contributed by atoms with Crippen LogP contribution in [0.5, 0.6) is 5.75 Å². The van der Waals surface area contributed by atoms with Gasteiger partial charge in [-0.25, -0.2) is 0 Å². The summed E-state index contributed by atoms with van der Waals surface area (Å²) in [6.45, 7) is 7.52. The lowest BCUT2D eigenvalue weighted by molar-refractivity contribution is 0.121. The maximum Gasteiger partial charge on any atom is 0.119 e. The Bertz CT molecular complexity index is 364. The molecule has 1 rings (SSSR count). The van der Waals surface area contributed by atoms with Crippen LogP contribution in [0.4, 0.5) is 0 Å². The molecule has 2 atom stereocenters. The van der Waals surface area contributed by atoms with Gasteiger partial charge >= 0.3 is 0 Å². The first kappa shape index (κ1) is 16.0. The van der Waals surface area contributed by atoms with Crippen molar-refractivity contribution in [2.75, 3.05) is 13.2 Å². The van der Waals surface area contributed by atoms with Gasteiger partial charge in [-0.3, -0.25) is 0 Å². The van der Waals surface area contributed by atoms with E-state index in [-0.39, 0.29) is 5.92 Å².